The first kappa shape index (κ1) is 81.9. The van der Waals surface area contributed by atoms with Gasteiger partial charge in [-0.05, 0) is 151 Å². The Balaban J connectivity index is 1.61. The summed E-state index contributed by atoms with van der Waals surface area (Å²) in [6.45, 7) is 30.9. The zero-order chi connectivity index (χ0) is 67.3. The van der Waals surface area contributed by atoms with E-state index in [1.807, 2.05) is 33.1 Å². The van der Waals surface area contributed by atoms with Crippen LogP contribution in [0.4, 0.5) is 9.59 Å². The van der Waals surface area contributed by atoms with Crippen LogP contribution in [0.1, 0.15) is 158 Å². The Kier molecular flexibility index (Phi) is 36.4. The summed E-state index contributed by atoms with van der Waals surface area (Å²) in [4.78, 5) is 84.5. The summed E-state index contributed by atoms with van der Waals surface area (Å²) in [7, 11) is -25.7. The van der Waals surface area contributed by atoms with Crippen LogP contribution in [-0.4, -0.2) is 186 Å². The lowest BCUT2D eigenvalue weighted by atomic mass is 9.60. The van der Waals surface area contributed by atoms with Crippen LogP contribution in [0.15, 0.2) is 12.2 Å². The normalized spacial score (nSPS) is 19.9. The van der Waals surface area contributed by atoms with E-state index in [-0.39, 0.29) is 91.4 Å². The highest BCUT2D eigenvalue weighted by Gasteiger charge is 2.51. The molecule has 506 valence electrons. The molecule has 0 aliphatic heterocycles. The van der Waals surface area contributed by atoms with Gasteiger partial charge in [0.15, 0.2) is 35.6 Å². The predicted molar refractivity (Wildman–Crippen MR) is 351 cm³/mol. The average Bonchev–Trinajstić information content (AvgIpc) is 0.930. The Morgan fingerprint density at radius 1 is 0.629 bits per heavy atom. The van der Waals surface area contributed by atoms with E-state index in [0.29, 0.717) is 82.9 Å². The molecule has 0 radical (unpaired) electrons. The van der Waals surface area contributed by atoms with Gasteiger partial charge in [-0.25, -0.2) is 14.4 Å². The summed E-state index contributed by atoms with van der Waals surface area (Å²) < 4.78 is 111. The Bertz CT molecular complexity index is 2470. The number of rotatable bonds is 46. The van der Waals surface area contributed by atoms with Gasteiger partial charge in [0.05, 0.1) is 13.2 Å². The van der Waals surface area contributed by atoms with Crippen LogP contribution in [0, 0.1) is 27.6 Å². The van der Waals surface area contributed by atoms with Gasteiger partial charge >= 0.3 is 56.7 Å². The lowest BCUT2D eigenvalue weighted by Gasteiger charge is -2.47. The third-order valence-corrected chi connectivity index (χ3v) is 76.1. The van der Waals surface area contributed by atoms with Crippen LogP contribution in [0.2, 0.25) is 51.4 Å². The maximum absolute atomic E-state index is 13.7. The number of amides is 3. The van der Waals surface area contributed by atoms with Crippen LogP contribution in [0.25, 0.3) is 0 Å². The van der Waals surface area contributed by atoms with Crippen molar-refractivity contribution in [3.05, 3.63) is 12.2 Å². The van der Waals surface area contributed by atoms with Gasteiger partial charge in [-0.3, -0.25) is 19.2 Å². The molecule has 0 spiro atoms. The van der Waals surface area contributed by atoms with Crippen molar-refractivity contribution >= 4 is 114 Å². The van der Waals surface area contributed by atoms with Crippen molar-refractivity contribution in [2.45, 2.75) is 215 Å². The van der Waals surface area contributed by atoms with E-state index in [1.54, 1.807) is 13.1 Å². The van der Waals surface area contributed by atoms with Crippen molar-refractivity contribution in [3.8, 4) is 0 Å². The number of hydrogen-bond donors (Lipinski definition) is 3. The van der Waals surface area contributed by atoms with E-state index in [9.17, 15) is 55.9 Å². The summed E-state index contributed by atoms with van der Waals surface area (Å²) in [6, 6.07) is 1.17. The van der Waals surface area contributed by atoms with E-state index >= 15 is 0 Å². The Morgan fingerprint density at radius 2 is 1.24 bits per heavy atom. The highest BCUT2D eigenvalue weighted by molar-refractivity contribution is 7.71. The van der Waals surface area contributed by atoms with E-state index < -0.39 is 95.9 Å². The number of hydrogen-bond acceptors (Lipinski definition) is 20. The number of carbonyl (C=O) groups is 7. The summed E-state index contributed by atoms with van der Waals surface area (Å²) in [5.74, 6) is -0.490. The van der Waals surface area contributed by atoms with Crippen molar-refractivity contribution in [1.29, 1.82) is 0 Å². The maximum Gasteiger partial charge on any atom is 0.407 e. The molecule has 23 nitrogen and oxygen atoms in total. The molecule has 2 rings (SSSR count). The molecule has 4 atom stereocenters. The van der Waals surface area contributed by atoms with E-state index in [4.69, 9.17) is 31.9 Å². The molecule has 0 heterocycles. The van der Waals surface area contributed by atoms with E-state index in [1.165, 1.54) is 6.92 Å². The Hall–Kier alpha value is -3.18. The molecule has 4 unspecified atom stereocenters. The number of nitrogens with one attached hydrogen (secondary N) is 3. The van der Waals surface area contributed by atoms with Gasteiger partial charge < -0.3 is 74.9 Å². The van der Waals surface area contributed by atoms with Gasteiger partial charge in [-0.2, -0.15) is 0 Å². The molecule has 2 aliphatic carbocycles. The summed E-state index contributed by atoms with van der Waals surface area (Å²) in [6.07, 6.45) is 11.6. The lowest BCUT2D eigenvalue weighted by Crippen LogP contribution is -2.59. The number of unbranched alkanes of at least 4 members (excludes halogenated alkanes) is 4. The molecule has 3 amide bonds. The van der Waals surface area contributed by atoms with Gasteiger partial charge in [-0.1, -0.05) is 73.8 Å². The lowest BCUT2D eigenvalue weighted by molar-refractivity contribution is -0.139. The number of ketones is 2. The fourth-order valence-electron chi connectivity index (χ4n) is 12.7. The Labute approximate surface area is 540 Å². The third-order valence-electron chi connectivity index (χ3n) is 16.1. The van der Waals surface area contributed by atoms with Crippen molar-refractivity contribution in [2.24, 2.45) is 27.6 Å². The highest BCUT2D eigenvalue weighted by Crippen LogP contribution is 2.50. The largest absolute Gasteiger partial charge is 0.460 e. The molecule has 2 saturated carbocycles. The van der Waals surface area contributed by atoms with Gasteiger partial charge in [0.2, 0.25) is 17.1 Å². The fraction of sp³-hybridized carbons (Fsp3) is 0.842. The first-order valence-corrected chi connectivity index (χ1v) is 55.7. The standard InChI is InChI=1S/C57H107N3O20Si9/c1-45(2)51(65)76-30-26-58-52(66)78-39-48(62)24-19-18-23-46-35-54(3,4)41-56(7,36-46)43-59-53(67)77-32-31-74-29-21-33-87(9,10)79-81-82(68)83(69)84(70)85(71)86(72)89(13,14)80-88(11,12)34-22-28-73-27-20-16-15-17-25-49(63)57(8)38-47(37-55(5,6)42-57)60-50(64)40-75-44-61/h44,46-47H,1,15-43,81H2,2-14H3,(H,58,66)(H,59,67)(H,60,64). The smallest absolute Gasteiger partial charge is 0.407 e. The number of alkyl carbamates (subject to hydrolysis) is 2. The molecule has 0 aromatic heterocycles. The number of ether oxygens (including phenoxy) is 6. The molecule has 0 aromatic carbocycles. The Morgan fingerprint density at radius 3 is 1.90 bits per heavy atom. The molecule has 0 saturated heterocycles. The number of esters is 1. The van der Waals surface area contributed by atoms with Crippen LogP contribution < -0.4 is 16.0 Å². The van der Waals surface area contributed by atoms with Crippen LogP contribution in [-0.2, 0) is 82.9 Å². The minimum atomic E-state index is -3.38. The third kappa shape index (κ3) is 34.0. The molecule has 89 heavy (non-hydrogen) atoms. The highest BCUT2D eigenvalue weighted by atomic mass is 30.0. The summed E-state index contributed by atoms with van der Waals surface area (Å²) >= 11 is 0. The molecule has 0 aromatic rings. The van der Waals surface area contributed by atoms with Gasteiger partial charge in [0.1, 0.15) is 19.0 Å². The SMILES string of the molecule is C=C(C)C(=O)OCCNC(=O)OCC(=O)CCCCC1CC(C)(C)CC(C)(CNC(=O)OCCOCCC[Si](C)(C)O[SiH2][Si](=O)[Si](=O)[Si](=O)[Si](=O)[Si](=O)[Si](C)(C)O[Si](C)(C)CCCOCCCCCCC(=O)C2(C)CC(NC(=O)COC=O)CC(C)(C)C2)C1. The molecular weight excluding hydrogens is 1300 g/mol. The van der Waals surface area contributed by atoms with Crippen LogP contribution in [0.3, 0.4) is 0 Å². The van der Waals surface area contributed by atoms with Crippen molar-refractivity contribution in [2.75, 3.05) is 65.9 Å². The molecule has 3 N–H and O–H groups in total. The first-order chi connectivity index (χ1) is 41.3. The van der Waals surface area contributed by atoms with Gasteiger partial charge in [0.25, 0.3) is 12.4 Å². The van der Waals surface area contributed by atoms with Crippen molar-refractivity contribution in [1.82, 2.24) is 16.0 Å². The zero-order valence-electron chi connectivity index (χ0n) is 55.8. The van der Waals surface area contributed by atoms with Crippen molar-refractivity contribution in [3.63, 3.8) is 0 Å². The monoisotopic (exact) mass is 1410 g/mol. The molecule has 2 fully saturated rings. The van der Waals surface area contributed by atoms with E-state index in [2.05, 4.69) is 61.9 Å². The number of Topliss-reactive ketones (excluding diaryl/α,β-unsaturated/α-hetero) is 2. The second-order valence-corrected chi connectivity index (χ2v) is 72.2. The first-order valence-electron chi connectivity index (χ1n) is 31.6. The van der Waals surface area contributed by atoms with E-state index in [0.717, 1.165) is 70.6 Å². The van der Waals surface area contributed by atoms with Crippen LogP contribution >= 0.6 is 0 Å². The molecule has 32 heteroatoms. The minimum absolute atomic E-state index is 0.0380. The van der Waals surface area contributed by atoms with Crippen molar-refractivity contribution < 1.29 is 92.5 Å². The minimum Gasteiger partial charge on any atom is -0.460 e. The zero-order valence-corrected chi connectivity index (χ0v) is 65.2. The molecule has 0 bridgehead atoms. The molecular formula is C57H107N3O20Si9. The van der Waals surface area contributed by atoms with Crippen LogP contribution in [0.5, 0.6) is 0 Å². The molecule has 2 aliphatic rings. The summed E-state index contributed by atoms with van der Waals surface area (Å²) in [5, 5.41) is 8.31. The quantitative estimate of drug-likeness (QED) is 0.0133. The number of carbonyl (C=O) groups excluding carboxylic acids is 7. The van der Waals surface area contributed by atoms with Gasteiger partial charge in [-0.15, -0.1) is 0 Å². The second-order valence-electron chi connectivity index (χ2n) is 28.3. The topological polar surface area (TPSA) is 315 Å². The maximum atomic E-state index is 13.7. The fourth-order valence-corrected chi connectivity index (χ4v) is 94.4. The predicted octanol–water partition coefficient (Wildman–Crippen LogP) is 7.46. The second kappa shape index (κ2) is 39.5. The summed E-state index contributed by atoms with van der Waals surface area (Å²) in [5.41, 5.74) is -0.526. The van der Waals surface area contributed by atoms with Gasteiger partial charge in [0, 0.05) is 56.2 Å². The average molecular weight is 1410 g/mol.